The number of hydrogen-bond acceptors (Lipinski definition) is 4. The molecule has 0 radical (unpaired) electrons. The molecule has 1 amide bonds. The zero-order chi connectivity index (χ0) is 15.5. The van der Waals surface area contributed by atoms with Crippen LogP contribution in [0, 0.1) is 0 Å². The molecule has 0 saturated carbocycles. The number of aromatic amines is 1. The van der Waals surface area contributed by atoms with Gasteiger partial charge in [-0.3, -0.25) is 9.89 Å². The van der Waals surface area contributed by atoms with Crippen LogP contribution in [0.15, 0.2) is 41.9 Å². The minimum atomic E-state index is -0.0604. The summed E-state index contributed by atoms with van der Waals surface area (Å²) in [7, 11) is 1.77. The molecule has 112 valence electrons. The summed E-state index contributed by atoms with van der Waals surface area (Å²) < 4.78 is 0. The van der Waals surface area contributed by atoms with Gasteiger partial charge in [-0.1, -0.05) is 30.3 Å². The molecule has 2 aromatic heterocycles. The molecular formula is C16H16N4OS. The minimum absolute atomic E-state index is 0.0604. The van der Waals surface area contributed by atoms with Gasteiger partial charge in [-0.25, -0.2) is 4.98 Å². The van der Waals surface area contributed by atoms with Crippen LogP contribution in [-0.4, -0.2) is 39.6 Å². The van der Waals surface area contributed by atoms with E-state index in [1.54, 1.807) is 23.5 Å². The molecular weight excluding hydrogens is 296 g/mol. The number of carbonyl (C=O) groups excluding carboxylic acids is 1. The molecule has 0 bridgehead atoms. The molecule has 3 rings (SSSR count). The monoisotopic (exact) mass is 312 g/mol. The number of nitrogens with one attached hydrogen (secondary N) is 1. The first-order chi connectivity index (χ1) is 10.7. The van der Waals surface area contributed by atoms with Crippen LogP contribution in [0.5, 0.6) is 0 Å². The average molecular weight is 312 g/mol. The molecule has 6 heteroatoms. The number of nitrogens with zero attached hydrogens (tertiary/aromatic N) is 3. The van der Waals surface area contributed by atoms with E-state index in [4.69, 9.17) is 0 Å². The van der Waals surface area contributed by atoms with Gasteiger partial charge < -0.3 is 4.90 Å². The highest BCUT2D eigenvalue weighted by Gasteiger charge is 2.17. The van der Waals surface area contributed by atoms with E-state index in [9.17, 15) is 4.79 Å². The average Bonchev–Trinajstić information content (AvgIpc) is 3.22. The summed E-state index contributed by atoms with van der Waals surface area (Å²) in [6, 6.07) is 9.96. The maximum atomic E-state index is 12.2. The Labute approximate surface area is 132 Å². The van der Waals surface area contributed by atoms with E-state index >= 15 is 0 Å². The Hall–Kier alpha value is -2.47. The molecule has 0 aliphatic carbocycles. The Morgan fingerprint density at radius 1 is 1.32 bits per heavy atom. The van der Waals surface area contributed by atoms with Gasteiger partial charge in [-0.05, 0) is 6.92 Å². The van der Waals surface area contributed by atoms with E-state index in [-0.39, 0.29) is 5.91 Å². The van der Waals surface area contributed by atoms with Gasteiger partial charge >= 0.3 is 0 Å². The van der Waals surface area contributed by atoms with Crippen LogP contribution in [0.3, 0.4) is 0 Å². The summed E-state index contributed by atoms with van der Waals surface area (Å²) >= 11 is 1.45. The number of carbonyl (C=O) groups is 1. The van der Waals surface area contributed by atoms with Gasteiger partial charge in [0.05, 0.1) is 17.5 Å². The quantitative estimate of drug-likeness (QED) is 0.804. The maximum absolute atomic E-state index is 12.2. The van der Waals surface area contributed by atoms with E-state index in [0.717, 1.165) is 21.8 Å². The number of benzene rings is 1. The van der Waals surface area contributed by atoms with Crippen molar-refractivity contribution in [2.24, 2.45) is 0 Å². The lowest BCUT2D eigenvalue weighted by Gasteiger charge is -2.11. The van der Waals surface area contributed by atoms with Crippen LogP contribution in [-0.2, 0) is 0 Å². The maximum Gasteiger partial charge on any atom is 0.273 e. The lowest BCUT2D eigenvalue weighted by Crippen LogP contribution is -2.26. The zero-order valence-electron chi connectivity index (χ0n) is 12.4. The minimum Gasteiger partial charge on any atom is -0.341 e. The van der Waals surface area contributed by atoms with Crippen molar-refractivity contribution in [2.75, 3.05) is 13.6 Å². The van der Waals surface area contributed by atoms with Crippen LogP contribution in [0.1, 0.15) is 17.4 Å². The fourth-order valence-corrected chi connectivity index (χ4v) is 2.92. The molecule has 0 saturated heterocycles. The van der Waals surface area contributed by atoms with Crippen molar-refractivity contribution in [1.82, 2.24) is 20.1 Å². The highest BCUT2D eigenvalue weighted by molar-refractivity contribution is 7.13. The normalized spacial score (nSPS) is 10.6. The predicted molar refractivity (Wildman–Crippen MR) is 87.8 cm³/mol. The second-order valence-electron chi connectivity index (χ2n) is 4.88. The topological polar surface area (TPSA) is 61.9 Å². The summed E-state index contributed by atoms with van der Waals surface area (Å²) in [4.78, 5) is 18.3. The van der Waals surface area contributed by atoms with Crippen molar-refractivity contribution in [3.8, 4) is 21.8 Å². The van der Waals surface area contributed by atoms with Gasteiger partial charge in [0.25, 0.3) is 5.91 Å². The van der Waals surface area contributed by atoms with Crippen molar-refractivity contribution in [3.63, 3.8) is 0 Å². The smallest absolute Gasteiger partial charge is 0.273 e. The largest absolute Gasteiger partial charge is 0.341 e. The Bertz CT molecular complexity index is 778. The number of H-pyrrole nitrogens is 1. The summed E-state index contributed by atoms with van der Waals surface area (Å²) in [6.07, 6.45) is 1.75. The molecule has 0 spiro atoms. The van der Waals surface area contributed by atoms with Crippen molar-refractivity contribution < 1.29 is 4.79 Å². The van der Waals surface area contributed by atoms with Gasteiger partial charge in [0.15, 0.2) is 0 Å². The summed E-state index contributed by atoms with van der Waals surface area (Å²) in [5.74, 6) is -0.0604. The third-order valence-electron chi connectivity index (χ3n) is 3.48. The van der Waals surface area contributed by atoms with Crippen LogP contribution in [0.2, 0.25) is 0 Å². The Morgan fingerprint density at radius 2 is 2.09 bits per heavy atom. The summed E-state index contributed by atoms with van der Waals surface area (Å²) in [5.41, 5.74) is 3.35. The highest BCUT2D eigenvalue weighted by atomic mass is 32.1. The number of rotatable bonds is 4. The fraction of sp³-hybridized carbons (Fsp3) is 0.188. The van der Waals surface area contributed by atoms with Crippen molar-refractivity contribution >= 4 is 17.2 Å². The lowest BCUT2D eigenvalue weighted by atomic mass is 10.1. The molecule has 3 aromatic rings. The van der Waals surface area contributed by atoms with E-state index in [2.05, 4.69) is 15.2 Å². The SMILES string of the molecule is CCN(C)C(=O)c1csc(-c2cn[nH]c2-c2ccccc2)n1. The van der Waals surface area contributed by atoms with E-state index in [0.29, 0.717) is 12.2 Å². The first-order valence-corrected chi connectivity index (χ1v) is 7.88. The molecule has 1 aromatic carbocycles. The van der Waals surface area contributed by atoms with Gasteiger partial charge in [-0.2, -0.15) is 5.10 Å². The standard InChI is InChI=1S/C16H16N4OS/c1-3-20(2)16(21)13-10-22-15(18-13)12-9-17-19-14(12)11-7-5-4-6-8-11/h4-10H,3H2,1-2H3,(H,17,19). The molecule has 1 N–H and O–H groups in total. The third-order valence-corrected chi connectivity index (χ3v) is 4.35. The Kier molecular flexibility index (Phi) is 4.02. The number of aromatic nitrogens is 3. The zero-order valence-corrected chi connectivity index (χ0v) is 13.2. The second kappa shape index (κ2) is 6.11. The highest BCUT2D eigenvalue weighted by Crippen LogP contribution is 2.32. The molecule has 2 heterocycles. The lowest BCUT2D eigenvalue weighted by molar-refractivity contribution is 0.0797. The van der Waals surface area contributed by atoms with Gasteiger partial charge in [0.2, 0.25) is 0 Å². The molecule has 22 heavy (non-hydrogen) atoms. The van der Waals surface area contributed by atoms with E-state index < -0.39 is 0 Å². The van der Waals surface area contributed by atoms with Crippen LogP contribution < -0.4 is 0 Å². The second-order valence-corrected chi connectivity index (χ2v) is 5.74. The van der Waals surface area contributed by atoms with Gasteiger partial charge in [-0.15, -0.1) is 11.3 Å². The van der Waals surface area contributed by atoms with Crippen molar-refractivity contribution in [2.45, 2.75) is 6.92 Å². The van der Waals surface area contributed by atoms with Gasteiger partial charge in [0, 0.05) is 24.5 Å². The Morgan fingerprint density at radius 3 is 2.82 bits per heavy atom. The van der Waals surface area contributed by atoms with Crippen LogP contribution in [0.4, 0.5) is 0 Å². The fourth-order valence-electron chi connectivity index (χ4n) is 2.11. The van der Waals surface area contributed by atoms with Crippen LogP contribution >= 0.6 is 11.3 Å². The number of hydrogen-bond donors (Lipinski definition) is 1. The molecule has 0 unspecified atom stereocenters. The number of amides is 1. The first-order valence-electron chi connectivity index (χ1n) is 7.01. The number of thiazole rings is 1. The molecule has 5 nitrogen and oxygen atoms in total. The van der Waals surface area contributed by atoms with Crippen LogP contribution in [0.25, 0.3) is 21.8 Å². The molecule has 0 atom stereocenters. The first kappa shape index (κ1) is 14.5. The predicted octanol–water partition coefficient (Wildman–Crippen LogP) is 3.29. The van der Waals surface area contributed by atoms with E-state index in [1.165, 1.54) is 11.3 Å². The van der Waals surface area contributed by atoms with Gasteiger partial charge in [0.1, 0.15) is 10.7 Å². The van der Waals surface area contributed by atoms with Crippen molar-refractivity contribution in [3.05, 3.63) is 47.6 Å². The molecule has 0 aliphatic rings. The van der Waals surface area contributed by atoms with E-state index in [1.807, 2.05) is 37.3 Å². The molecule has 0 fully saturated rings. The summed E-state index contributed by atoms with van der Waals surface area (Å²) in [5, 5.41) is 9.73. The summed E-state index contributed by atoms with van der Waals surface area (Å²) in [6.45, 7) is 2.60. The van der Waals surface area contributed by atoms with Crippen molar-refractivity contribution in [1.29, 1.82) is 0 Å². The third kappa shape index (κ3) is 2.65. The molecule has 0 aliphatic heterocycles. The Balaban J connectivity index is 1.96.